The van der Waals surface area contributed by atoms with Crippen LogP contribution in [0.4, 0.5) is 0 Å². The molecule has 0 aliphatic carbocycles. The fraction of sp³-hybridized carbons (Fsp3) is 0.105. The number of imidazole rings is 1. The molecule has 1 unspecified atom stereocenters. The first-order valence-electron chi connectivity index (χ1n) is 7.59. The second-order valence-electron chi connectivity index (χ2n) is 5.67. The van der Waals surface area contributed by atoms with E-state index in [2.05, 4.69) is 16.0 Å². The molecule has 1 atom stereocenters. The number of aliphatic hydroxyl groups excluding tert-OH is 1. The quantitative estimate of drug-likeness (QED) is 0.750. The van der Waals surface area contributed by atoms with E-state index in [0.717, 1.165) is 22.5 Å². The van der Waals surface area contributed by atoms with Gasteiger partial charge in [0.15, 0.2) is 5.82 Å². The van der Waals surface area contributed by atoms with E-state index in [-0.39, 0.29) is 0 Å². The first-order chi connectivity index (χ1) is 11.7. The zero-order valence-electron chi connectivity index (χ0n) is 13.0. The van der Waals surface area contributed by atoms with Gasteiger partial charge in [-0.3, -0.25) is 4.57 Å². The lowest BCUT2D eigenvalue weighted by atomic mass is 9.98. The van der Waals surface area contributed by atoms with Crippen LogP contribution in [0.5, 0.6) is 0 Å². The standard InChI is InChI=1S/C19H14N4O/c1-12-11-23-16-8-7-13(10-20)9-15(16)17(14-5-3-2-4-6-14)22-19(24)18(23)21-12/h2-9,11,19,24H,1H3. The van der Waals surface area contributed by atoms with E-state index >= 15 is 0 Å². The zero-order valence-corrected chi connectivity index (χ0v) is 13.0. The van der Waals surface area contributed by atoms with E-state index in [9.17, 15) is 10.4 Å². The van der Waals surface area contributed by atoms with E-state index in [1.807, 2.05) is 54.1 Å². The van der Waals surface area contributed by atoms with Gasteiger partial charge in [0.25, 0.3) is 0 Å². The first-order valence-corrected chi connectivity index (χ1v) is 7.59. The summed E-state index contributed by atoms with van der Waals surface area (Å²) in [5.74, 6) is 0.476. The molecule has 2 heterocycles. The summed E-state index contributed by atoms with van der Waals surface area (Å²) in [7, 11) is 0. The third-order valence-electron chi connectivity index (χ3n) is 4.02. The van der Waals surface area contributed by atoms with Crippen LogP contribution in [-0.2, 0) is 0 Å². The molecule has 1 aliphatic heterocycles. The lowest BCUT2D eigenvalue weighted by Gasteiger charge is -2.11. The number of aliphatic imine (C=N–C) groups is 1. The van der Waals surface area contributed by atoms with E-state index < -0.39 is 6.23 Å². The molecular weight excluding hydrogens is 300 g/mol. The molecule has 1 aliphatic rings. The second kappa shape index (κ2) is 5.44. The van der Waals surface area contributed by atoms with E-state index in [1.54, 1.807) is 12.1 Å². The predicted molar refractivity (Wildman–Crippen MR) is 90.1 cm³/mol. The summed E-state index contributed by atoms with van der Waals surface area (Å²) in [6.07, 6.45) is 0.805. The number of aromatic nitrogens is 2. The Morgan fingerprint density at radius 2 is 1.96 bits per heavy atom. The van der Waals surface area contributed by atoms with Gasteiger partial charge < -0.3 is 5.11 Å². The van der Waals surface area contributed by atoms with E-state index in [0.29, 0.717) is 17.1 Å². The van der Waals surface area contributed by atoms with Crippen molar-refractivity contribution < 1.29 is 5.11 Å². The summed E-state index contributed by atoms with van der Waals surface area (Å²) in [5, 5.41) is 19.8. The molecule has 0 amide bonds. The number of nitrogens with zero attached hydrogens (tertiary/aromatic N) is 4. The van der Waals surface area contributed by atoms with Crippen LogP contribution in [0.1, 0.15) is 34.4 Å². The van der Waals surface area contributed by atoms with Crippen LogP contribution in [0.2, 0.25) is 0 Å². The Bertz CT molecular complexity index is 996. The average molecular weight is 314 g/mol. The highest BCUT2D eigenvalue weighted by atomic mass is 16.3. The molecule has 2 aromatic carbocycles. The van der Waals surface area contributed by atoms with Crippen molar-refractivity contribution in [2.45, 2.75) is 13.2 Å². The van der Waals surface area contributed by atoms with Gasteiger partial charge >= 0.3 is 0 Å². The van der Waals surface area contributed by atoms with Gasteiger partial charge in [0.2, 0.25) is 6.23 Å². The highest BCUT2D eigenvalue weighted by Crippen LogP contribution is 2.30. The highest BCUT2D eigenvalue weighted by molar-refractivity contribution is 6.15. The molecule has 5 nitrogen and oxygen atoms in total. The summed E-state index contributed by atoms with van der Waals surface area (Å²) in [6, 6.07) is 17.3. The summed E-state index contributed by atoms with van der Waals surface area (Å²) in [6.45, 7) is 1.87. The minimum Gasteiger partial charge on any atom is -0.365 e. The normalized spacial score (nSPS) is 15.7. The minimum absolute atomic E-state index is 0.476. The molecule has 4 rings (SSSR count). The summed E-state index contributed by atoms with van der Waals surface area (Å²) in [5.41, 5.74) is 4.54. The smallest absolute Gasteiger partial charge is 0.205 e. The van der Waals surface area contributed by atoms with Crippen LogP contribution in [0, 0.1) is 18.3 Å². The van der Waals surface area contributed by atoms with E-state index in [1.165, 1.54) is 0 Å². The molecule has 0 bridgehead atoms. The molecule has 0 saturated heterocycles. The van der Waals surface area contributed by atoms with Crippen molar-refractivity contribution in [3.8, 4) is 11.8 Å². The second-order valence-corrected chi connectivity index (χ2v) is 5.67. The van der Waals surface area contributed by atoms with Crippen LogP contribution in [0.3, 0.4) is 0 Å². The van der Waals surface area contributed by atoms with Crippen LogP contribution in [0.15, 0.2) is 59.7 Å². The molecule has 0 saturated carbocycles. The lowest BCUT2D eigenvalue weighted by Crippen LogP contribution is -2.07. The summed E-state index contributed by atoms with van der Waals surface area (Å²) < 4.78 is 1.84. The van der Waals surface area contributed by atoms with Crippen molar-refractivity contribution in [3.63, 3.8) is 0 Å². The topological polar surface area (TPSA) is 74.2 Å². The lowest BCUT2D eigenvalue weighted by molar-refractivity contribution is 0.177. The van der Waals surface area contributed by atoms with Crippen molar-refractivity contribution in [1.82, 2.24) is 9.55 Å². The molecule has 0 radical (unpaired) electrons. The molecular formula is C19H14N4O. The van der Waals surface area contributed by atoms with Gasteiger partial charge in [-0.25, -0.2) is 9.98 Å². The largest absolute Gasteiger partial charge is 0.365 e. The van der Waals surface area contributed by atoms with Crippen molar-refractivity contribution in [2.75, 3.05) is 0 Å². The highest BCUT2D eigenvalue weighted by Gasteiger charge is 2.25. The van der Waals surface area contributed by atoms with E-state index in [4.69, 9.17) is 0 Å². The number of nitriles is 1. The number of rotatable bonds is 1. The summed E-state index contributed by atoms with van der Waals surface area (Å²) >= 11 is 0. The first kappa shape index (κ1) is 14.4. The maximum absolute atomic E-state index is 10.5. The number of fused-ring (bicyclic) bond motifs is 3. The Kier molecular flexibility index (Phi) is 3.26. The molecule has 116 valence electrons. The average Bonchev–Trinajstić information content (AvgIpc) is 2.97. The van der Waals surface area contributed by atoms with Crippen molar-refractivity contribution in [1.29, 1.82) is 5.26 Å². The van der Waals surface area contributed by atoms with Crippen molar-refractivity contribution >= 4 is 5.71 Å². The molecule has 1 N–H and O–H groups in total. The fourth-order valence-electron chi connectivity index (χ4n) is 2.97. The number of aliphatic hydroxyl groups is 1. The third kappa shape index (κ3) is 2.21. The van der Waals surface area contributed by atoms with Gasteiger partial charge in [0.05, 0.1) is 28.7 Å². The maximum atomic E-state index is 10.5. The number of hydrogen-bond donors (Lipinski definition) is 1. The molecule has 0 fully saturated rings. The van der Waals surface area contributed by atoms with Gasteiger partial charge in [-0.2, -0.15) is 5.26 Å². The van der Waals surface area contributed by atoms with Crippen LogP contribution < -0.4 is 0 Å². The Balaban J connectivity index is 2.05. The molecule has 5 heteroatoms. The van der Waals surface area contributed by atoms with Crippen LogP contribution >= 0.6 is 0 Å². The SMILES string of the molecule is Cc1cn2c(n1)C(O)N=C(c1ccccc1)c1cc(C#N)ccc1-2. The molecule has 1 aromatic heterocycles. The Morgan fingerprint density at radius 1 is 1.17 bits per heavy atom. The number of hydrogen-bond acceptors (Lipinski definition) is 4. The van der Waals surface area contributed by atoms with Gasteiger partial charge in [-0.15, -0.1) is 0 Å². The summed E-state index contributed by atoms with van der Waals surface area (Å²) in [4.78, 5) is 8.90. The van der Waals surface area contributed by atoms with Gasteiger partial charge in [0, 0.05) is 17.3 Å². The third-order valence-corrected chi connectivity index (χ3v) is 4.02. The van der Waals surface area contributed by atoms with Crippen LogP contribution in [0.25, 0.3) is 5.69 Å². The molecule has 3 aromatic rings. The zero-order chi connectivity index (χ0) is 16.7. The Hall–Kier alpha value is -3.23. The van der Waals surface area contributed by atoms with Gasteiger partial charge in [-0.1, -0.05) is 30.3 Å². The fourth-order valence-corrected chi connectivity index (χ4v) is 2.97. The monoisotopic (exact) mass is 314 g/mol. The predicted octanol–water partition coefficient (Wildman–Crippen LogP) is 2.89. The number of benzene rings is 2. The Labute approximate surface area is 139 Å². The van der Waals surface area contributed by atoms with Crippen molar-refractivity contribution in [2.24, 2.45) is 4.99 Å². The van der Waals surface area contributed by atoms with Crippen molar-refractivity contribution in [3.05, 3.63) is 82.9 Å². The molecule has 0 spiro atoms. The maximum Gasteiger partial charge on any atom is 0.205 e. The molecule has 24 heavy (non-hydrogen) atoms. The Morgan fingerprint density at radius 3 is 2.71 bits per heavy atom. The van der Waals surface area contributed by atoms with Gasteiger partial charge in [0.1, 0.15) is 0 Å². The minimum atomic E-state index is -1.06. The van der Waals surface area contributed by atoms with Gasteiger partial charge in [-0.05, 0) is 25.1 Å². The van der Waals surface area contributed by atoms with Crippen LogP contribution in [-0.4, -0.2) is 20.4 Å². The number of aryl methyl sites for hydroxylation is 1.